The highest BCUT2D eigenvalue weighted by atomic mass is 19.4. The molecule has 0 aliphatic rings. The second-order valence-corrected chi connectivity index (χ2v) is 8.35. The highest BCUT2D eigenvalue weighted by Gasteiger charge is 2.33. The molecule has 0 bridgehead atoms. The molecular formula is C28H22F6. The zero-order valence-corrected chi connectivity index (χ0v) is 18.4. The monoisotopic (exact) mass is 472 g/mol. The van der Waals surface area contributed by atoms with Gasteiger partial charge in [-0.05, 0) is 71.2 Å². The normalized spacial score (nSPS) is 11.9. The van der Waals surface area contributed by atoms with Gasteiger partial charge in [0.15, 0.2) is 0 Å². The molecule has 0 aliphatic carbocycles. The SMILES string of the molecule is CCCc1ccc(-c2ccc3c(F)c(CCc4ccc(C(F)(F)F)c(F)c4)ccc3c2)c(F)c1. The number of rotatable bonds is 6. The summed E-state index contributed by atoms with van der Waals surface area (Å²) in [7, 11) is 0. The van der Waals surface area contributed by atoms with E-state index in [1.165, 1.54) is 12.1 Å². The van der Waals surface area contributed by atoms with Gasteiger partial charge < -0.3 is 0 Å². The fourth-order valence-corrected chi connectivity index (χ4v) is 4.16. The van der Waals surface area contributed by atoms with Crippen LogP contribution >= 0.6 is 0 Å². The Hall–Kier alpha value is -3.28. The summed E-state index contributed by atoms with van der Waals surface area (Å²) in [4.78, 5) is 0. The molecule has 0 nitrogen and oxygen atoms in total. The summed E-state index contributed by atoms with van der Waals surface area (Å²) in [5, 5.41) is 0.972. The smallest absolute Gasteiger partial charge is 0.206 e. The Kier molecular flexibility index (Phi) is 6.69. The van der Waals surface area contributed by atoms with Gasteiger partial charge in [-0.15, -0.1) is 0 Å². The van der Waals surface area contributed by atoms with Crippen LogP contribution in [0.15, 0.2) is 66.7 Å². The summed E-state index contributed by atoms with van der Waals surface area (Å²) in [6.07, 6.45) is -2.66. The van der Waals surface area contributed by atoms with Crippen LogP contribution in [0.25, 0.3) is 21.9 Å². The van der Waals surface area contributed by atoms with Crippen LogP contribution in [-0.2, 0) is 25.4 Å². The van der Waals surface area contributed by atoms with E-state index < -0.39 is 23.4 Å². The van der Waals surface area contributed by atoms with Gasteiger partial charge >= 0.3 is 6.18 Å². The molecule has 0 spiro atoms. The number of fused-ring (bicyclic) bond motifs is 1. The minimum absolute atomic E-state index is 0.185. The first-order valence-electron chi connectivity index (χ1n) is 11.0. The Bertz CT molecular complexity index is 1340. The van der Waals surface area contributed by atoms with Crippen LogP contribution in [0.4, 0.5) is 26.3 Å². The average Bonchev–Trinajstić information content (AvgIpc) is 2.78. The standard InChI is InChI=1S/C28H22F6/c1-2-3-17-5-11-22(25(29)14-17)20-10-12-23-21(16-20)9-8-19(27(23)31)7-4-18-6-13-24(26(30)15-18)28(32,33)34/h5-6,8-16H,2-4,7H2,1H3. The van der Waals surface area contributed by atoms with Crippen LogP contribution < -0.4 is 0 Å². The maximum absolute atomic E-state index is 15.1. The maximum atomic E-state index is 15.1. The van der Waals surface area contributed by atoms with Crippen LogP contribution in [0.1, 0.15) is 35.6 Å². The van der Waals surface area contributed by atoms with Gasteiger partial charge in [0.05, 0.1) is 5.56 Å². The maximum Gasteiger partial charge on any atom is 0.419 e. The van der Waals surface area contributed by atoms with Gasteiger partial charge in [-0.25, -0.2) is 13.2 Å². The Balaban J connectivity index is 1.56. The molecule has 6 heteroatoms. The molecule has 0 saturated heterocycles. The Morgan fingerprint density at radius 1 is 0.676 bits per heavy atom. The molecule has 0 heterocycles. The fraction of sp³-hybridized carbons (Fsp3) is 0.214. The topological polar surface area (TPSA) is 0 Å². The van der Waals surface area contributed by atoms with Crippen molar-refractivity contribution in [1.29, 1.82) is 0 Å². The quantitative estimate of drug-likeness (QED) is 0.246. The molecule has 4 rings (SSSR count). The molecule has 0 aliphatic heterocycles. The third kappa shape index (κ3) is 4.96. The predicted molar refractivity (Wildman–Crippen MR) is 122 cm³/mol. The van der Waals surface area contributed by atoms with Crippen LogP contribution in [0.3, 0.4) is 0 Å². The zero-order chi connectivity index (χ0) is 24.5. The molecule has 4 aromatic carbocycles. The van der Waals surface area contributed by atoms with Crippen molar-refractivity contribution in [2.75, 3.05) is 0 Å². The molecule has 4 aromatic rings. The predicted octanol–water partition coefficient (Wildman–Crippen LogP) is 8.68. The summed E-state index contributed by atoms with van der Waals surface area (Å²) in [6, 6.07) is 16.2. The summed E-state index contributed by atoms with van der Waals surface area (Å²) >= 11 is 0. The number of aryl methyl sites for hydroxylation is 3. The van der Waals surface area contributed by atoms with Gasteiger partial charge in [0.2, 0.25) is 0 Å². The lowest BCUT2D eigenvalue weighted by Gasteiger charge is -2.11. The largest absolute Gasteiger partial charge is 0.419 e. The number of alkyl halides is 3. The Morgan fingerprint density at radius 3 is 2.06 bits per heavy atom. The van der Waals surface area contributed by atoms with E-state index in [-0.39, 0.29) is 18.7 Å². The van der Waals surface area contributed by atoms with Crippen LogP contribution in [0.2, 0.25) is 0 Å². The molecule has 0 atom stereocenters. The third-order valence-electron chi connectivity index (χ3n) is 5.94. The molecule has 0 amide bonds. The highest BCUT2D eigenvalue weighted by Crippen LogP contribution is 2.32. The van der Waals surface area contributed by atoms with Crippen molar-refractivity contribution in [3.8, 4) is 11.1 Å². The van der Waals surface area contributed by atoms with Crippen LogP contribution in [0.5, 0.6) is 0 Å². The third-order valence-corrected chi connectivity index (χ3v) is 5.94. The molecule has 0 N–H and O–H groups in total. The molecule has 34 heavy (non-hydrogen) atoms. The van der Waals surface area contributed by atoms with E-state index in [0.717, 1.165) is 24.5 Å². The van der Waals surface area contributed by atoms with Crippen LogP contribution in [-0.4, -0.2) is 0 Å². The fourth-order valence-electron chi connectivity index (χ4n) is 4.16. The van der Waals surface area contributed by atoms with E-state index in [9.17, 15) is 22.0 Å². The van der Waals surface area contributed by atoms with E-state index >= 15 is 4.39 Å². The summed E-state index contributed by atoms with van der Waals surface area (Å²) < 4.78 is 81.7. The summed E-state index contributed by atoms with van der Waals surface area (Å²) in [5.41, 5.74) is 1.41. The summed E-state index contributed by atoms with van der Waals surface area (Å²) in [6.45, 7) is 2.03. The van der Waals surface area contributed by atoms with Crippen LogP contribution in [0, 0.1) is 17.5 Å². The minimum Gasteiger partial charge on any atom is -0.206 e. The molecule has 0 radical (unpaired) electrons. The number of halogens is 6. The van der Waals surface area contributed by atoms with Gasteiger partial charge in [-0.1, -0.05) is 55.8 Å². The highest BCUT2D eigenvalue weighted by molar-refractivity contribution is 5.88. The van der Waals surface area contributed by atoms with Gasteiger partial charge in [0.1, 0.15) is 17.5 Å². The van der Waals surface area contributed by atoms with Gasteiger partial charge in [-0.3, -0.25) is 0 Å². The van der Waals surface area contributed by atoms with Gasteiger partial charge in [0, 0.05) is 10.9 Å². The van der Waals surface area contributed by atoms with Crippen molar-refractivity contribution in [2.45, 2.75) is 38.8 Å². The molecule has 0 saturated carbocycles. The molecule has 0 unspecified atom stereocenters. The van der Waals surface area contributed by atoms with Crippen molar-refractivity contribution in [3.05, 3.63) is 106 Å². The van der Waals surface area contributed by atoms with Crippen molar-refractivity contribution in [1.82, 2.24) is 0 Å². The van der Waals surface area contributed by atoms with Gasteiger partial charge in [0.25, 0.3) is 0 Å². The number of benzene rings is 4. The first kappa shape index (κ1) is 23.9. The van der Waals surface area contributed by atoms with E-state index in [2.05, 4.69) is 0 Å². The zero-order valence-electron chi connectivity index (χ0n) is 18.4. The first-order valence-corrected chi connectivity index (χ1v) is 11.0. The molecule has 0 fully saturated rings. The van der Waals surface area contributed by atoms with Crippen molar-refractivity contribution in [3.63, 3.8) is 0 Å². The number of hydrogen-bond acceptors (Lipinski definition) is 0. The lowest BCUT2D eigenvalue weighted by molar-refractivity contribution is -0.140. The lowest BCUT2D eigenvalue weighted by Crippen LogP contribution is -2.08. The van der Waals surface area contributed by atoms with Crippen molar-refractivity contribution < 1.29 is 26.3 Å². The minimum atomic E-state index is -4.76. The lowest BCUT2D eigenvalue weighted by atomic mass is 9.96. The van der Waals surface area contributed by atoms with E-state index in [4.69, 9.17) is 0 Å². The molecule has 0 aromatic heterocycles. The van der Waals surface area contributed by atoms with E-state index in [1.807, 2.05) is 13.0 Å². The Morgan fingerprint density at radius 2 is 1.38 bits per heavy atom. The van der Waals surface area contributed by atoms with E-state index in [0.29, 0.717) is 39.1 Å². The van der Waals surface area contributed by atoms with Crippen molar-refractivity contribution in [2.24, 2.45) is 0 Å². The van der Waals surface area contributed by atoms with Crippen molar-refractivity contribution >= 4 is 10.8 Å². The Labute approximate surface area is 193 Å². The second kappa shape index (κ2) is 9.53. The summed E-state index contributed by atoms with van der Waals surface area (Å²) in [5.74, 6) is -2.12. The molecule has 176 valence electrons. The molecular weight excluding hydrogens is 450 g/mol. The van der Waals surface area contributed by atoms with Gasteiger partial charge in [-0.2, -0.15) is 13.2 Å². The average molecular weight is 472 g/mol. The first-order chi connectivity index (χ1) is 16.2. The number of hydrogen-bond donors (Lipinski definition) is 0. The second-order valence-electron chi connectivity index (χ2n) is 8.35. The van der Waals surface area contributed by atoms with E-state index in [1.54, 1.807) is 36.4 Å².